The number of nitrogens with zero attached hydrogens (tertiary/aromatic N) is 4. The van der Waals surface area contributed by atoms with Gasteiger partial charge in [0.15, 0.2) is 0 Å². The average Bonchev–Trinajstić information content (AvgIpc) is 2.93. The molecule has 0 bridgehead atoms. The van der Waals surface area contributed by atoms with Crippen molar-refractivity contribution in [3.05, 3.63) is 52.6 Å². The first-order chi connectivity index (χ1) is 9.66. The Bertz CT molecular complexity index is 608. The van der Waals surface area contributed by atoms with E-state index in [-0.39, 0.29) is 11.4 Å². The average molecular weight is 274 g/mol. The lowest BCUT2D eigenvalue weighted by Crippen LogP contribution is -1.96. The molecule has 0 spiro atoms. The Labute approximate surface area is 115 Å². The minimum Gasteiger partial charge on any atom is -0.507 e. The Morgan fingerprint density at radius 2 is 2.35 bits per heavy atom. The highest BCUT2D eigenvalue weighted by Crippen LogP contribution is 2.21. The van der Waals surface area contributed by atoms with E-state index in [1.165, 1.54) is 24.4 Å². The molecule has 20 heavy (non-hydrogen) atoms. The first kappa shape index (κ1) is 13.7. The number of aryl methyl sites for hydroxylation is 1. The molecule has 0 aliphatic rings. The summed E-state index contributed by atoms with van der Waals surface area (Å²) in [6.45, 7) is 1.37. The Morgan fingerprint density at radius 1 is 1.50 bits per heavy atom. The summed E-state index contributed by atoms with van der Waals surface area (Å²) in [5.74, 6) is -0.0195. The Morgan fingerprint density at radius 3 is 3.05 bits per heavy atom. The maximum absolute atomic E-state index is 10.6. The van der Waals surface area contributed by atoms with E-state index in [1.807, 2.05) is 10.8 Å². The van der Waals surface area contributed by atoms with Gasteiger partial charge in [-0.1, -0.05) is 0 Å². The van der Waals surface area contributed by atoms with Gasteiger partial charge in [0.1, 0.15) is 5.75 Å². The van der Waals surface area contributed by atoms with Crippen LogP contribution >= 0.6 is 0 Å². The fraction of sp³-hybridized carbons (Fsp3) is 0.231. The lowest BCUT2D eigenvalue weighted by atomic mass is 10.2. The fourth-order valence-electron chi connectivity index (χ4n) is 1.69. The minimum absolute atomic E-state index is 0.0195. The maximum atomic E-state index is 10.6. The number of aliphatic imine (C=N–C) groups is 1. The molecule has 0 atom stereocenters. The van der Waals surface area contributed by atoms with Gasteiger partial charge in [0.2, 0.25) is 0 Å². The molecule has 0 saturated heterocycles. The van der Waals surface area contributed by atoms with Gasteiger partial charge in [-0.05, 0) is 12.5 Å². The predicted octanol–water partition coefficient (Wildman–Crippen LogP) is 2.01. The van der Waals surface area contributed by atoms with E-state index in [0.29, 0.717) is 12.1 Å². The van der Waals surface area contributed by atoms with Crippen molar-refractivity contribution in [1.29, 1.82) is 0 Å². The van der Waals surface area contributed by atoms with Crippen LogP contribution in [-0.4, -0.2) is 32.3 Å². The molecular weight excluding hydrogens is 260 g/mol. The number of aromatic nitrogens is 2. The lowest BCUT2D eigenvalue weighted by molar-refractivity contribution is -0.384. The third kappa shape index (κ3) is 3.64. The summed E-state index contributed by atoms with van der Waals surface area (Å²) in [6.07, 6.45) is 7.59. The van der Waals surface area contributed by atoms with Gasteiger partial charge in [0.05, 0.1) is 11.3 Å². The van der Waals surface area contributed by atoms with Crippen molar-refractivity contribution in [2.45, 2.75) is 13.0 Å². The molecule has 0 amide bonds. The van der Waals surface area contributed by atoms with E-state index in [4.69, 9.17) is 0 Å². The van der Waals surface area contributed by atoms with Gasteiger partial charge in [-0.2, -0.15) is 0 Å². The van der Waals surface area contributed by atoms with Gasteiger partial charge in [-0.25, -0.2) is 4.98 Å². The molecule has 1 aromatic carbocycles. The van der Waals surface area contributed by atoms with Crippen LogP contribution in [0.1, 0.15) is 12.0 Å². The highest BCUT2D eigenvalue weighted by atomic mass is 16.6. The van der Waals surface area contributed by atoms with E-state index in [9.17, 15) is 15.2 Å². The number of aromatic hydroxyl groups is 1. The molecule has 2 aromatic rings. The Balaban J connectivity index is 1.90. The van der Waals surface area contributed by atoms with Gasteiger partial charge in [-0.3, -0.25) is 15.1 Å². The maximum Gasteiger partial charge on any atom is 0.270 e. The second-order valence-electron chi connectivity index (χ2n) is 4.19. The van der Waals surface area contributed by atoms with Gasteiger partial charge in [-0.15, -0.1) is 0 Å². The predicted molar refractivity (Wildman–Crippen MR) is 74.1 cm³/mol. The molecule has 7 heteroatoms. The van der Waals surface area contributed by atoms with Gasteiger partial charge in [0.25, 0.3) is 5.69 Å². The standard InChI is InChI=1S/C13H14N4O3/c18-13-3-2-12(17(19)20)8-11(13)9-14-4-1-6-16-7-5-15-10-16/h2-3,5,7-10,18H,1,4,6H2. The molecule has 0 fully saturated rings. The van der Waals surface area contributed by atoms with E-state index in [2.05, 4.69) is 9.98 Å². The number of imidazole rings is 1. The van der Waals surface area contributed by atoms with Crippen LogP contribution in [0.3, 0.4) is 0 Å². The van der Waals surface area contributed by atoms with Gasteiger partial charge >= 0.3 is 0 Å². The summed E-state index contributed by atoms with van der Waals surface area (Å²) < 4.78 is 1.94. The van der Waals surface area contributed by atoms with Crippen molar-refractivity contribution in [3.8, 4) is 5.75 Å². The molecule has 0 aliphatic carbocycles. The van der Waals surface area contributed by atoms with E-state index in [0.717, 1.165) is 13.0 Å². The smallest absolute Gasteiger partial charge is 0.270 e. The van der Waals surface area contributed by atoms with E-state index < -0.39 is 4.92 Å². The summed E-state index contributed by atoms with van der Waals surface area (Å²) in [4.78, 5) is 18.2. The van der Waals surface area contributed by atoms with Crippen molar-refractivity contribution in [3.63, 3.8) is 0 Å². The summed E-state index contributed by atoms with van der Waals surface area (Å²) in [5, 5.41) is 20.2. The van der Waals surface area contributed by atoms with Gasteiger partial charge in [0, 0.05) is 49.4 Å². The van der Waals surface area contributed by atoms with Crippen molar-refractivity contribution in [1.82, 2.24) is 9.55 Å². The lowest BCUT2D eigenvalue weighted by Gasteiger charge is -2.00. The summed E-state index contributed by atoms with van der Waals surface area (Å²) >= 11 is 0. The SMILES string of the molecule is O=[N+]([O-])c1ccc(O)c(C=NCCCn2ccnc2)c1. The topological polar surface area (TPSA) is 93.5 Å². The molecule has 1 heterocycles. The van der Waals surface area contributed by atoms with Crippen LogP contribution in [0, 0.1) is 10.1 Å². The van der Waals surface area contributed by atoms with Crippen LogP contribution in [0.25, 0.3) is 0 Å². The van der Waals surface area contributed by atoms with Crippen molar-refractivity contribution in [2.75, 3.05) is 6.54 Å². The van der Waals surface area contributed by atoms with Crippen LogP contribution in [0.15, 0.2) is 41.9 Å². The highest BCUT2D eigenvalue weighted by Gasteiger charge is 2.08. The van der Waals surface area contributed by atoms with E-state index in [1.54, 1.807) is 12.5 Å². The fourth-order valence-corrected chi connectivity index (χ4v) is 1.69. The second-order valence-corrected chi connectivity index (χ2v) is 4.19. The molecule has 104 valence electrons. The number of hydrogen-bond acceptors (Lipinski definition) is 5. The third-order valence-electron chi connectivity index (χ3n) is 2.72. The molecule has 0 radical (unpaired) electrons. The minimum atomic E-state index is -0.504. The summed E-state index contributed by atoms with van der Waals surface area (Å²) in [7, 11) is 0. The third-order valence-corrected chi connectivity index (χ3v) is 2.72. The number of rotatable bonds is 6. The number of benzene rings is 1. The highest BCUT2D eigenvalue weighted by molar-refractivity contribution is 5.84. The number of hydrogen-bond donors (Lipinski definition) is 1. The van der Waals surface area contributed by atoms with Crippen LogP contribution in [0.4, 0.5) is 5.69 Å². The van der Waals surface area contributed by atoms with E-state index >= 15 is 0 Å². The molecule has 0 saturated carbocycles. The normalized spacial score (nSPS) is 11.0. The molecular formula is C13H14N4O3. The molecule has 0 aliphatic heterocycles. The zero-order valence-corrected chi connectivity index (χ0v) is 10.7. The second kappa shape index (κ2) is 6.46. The van der Waals surface area contributed by atoms with Crippen molar-refractivity contribution in [2.24, 2.45) is 4.99 Å². The van der Waals surface area contributed by atoms with Crippen molar-refractivity contribution >= 4 is 11.9 Å². The zero-order valence-electron chi connectivity index (χ0n) is 10.7. The van der Waals surface area contributed by atoms with Crippen LogP contribution in [0.2, 0.25) is 0 Å². The number of nitro benzene ring substituents is 1. The van der Waals surface area contributed by atoms with Crippen LogP contribution in [-0.2, 0) is 6.54 Å². The number of phenols is 1. The summed E-state index contributed by atoms with van der Waals surface area (Å²) in [5.41, 5.74) is 0.282. The largest absolute Gasteiger partial charge is 0.507 e. The first-order valence-electron chi connectivity index (χ1n) is 6.10. The zero-order chi connectivity index (χ0) is 14.4. The van der Waals surface area contributed by atoms with Crippen LogP contribution in [0.5, 0.6) is 5.75 Å². The van der Waals surface area contributed by atoms with Crippen LogP contribution < -0.4 is 0 Å². The quantitative estimate of drug-likeness (QED) is 0.377. The summed E-state index contributed by atoms with van der Waals surface area (Å²) in [6, 6.07) is 3.85. The first-order valence-corrected chi connectivity index (χ1v) is 6.10. The monoisotopic (exact) mass is 274 g/mol. The number of nitro groups is 1. The molecule has 2 rings (SSSR count). The number of phenolic OH excluding ortho intramolecular Hbond substituents is 1. The van der Waals surface area contributed by atoms with Crippen molar-refractivity contribution < 1.29 is 10.0 Å². The molecule has 1 aromatic heterocycles. The molecule has 0 unspecified atom stereocenters. The van der Waals surface area contributed by atoms with Gasteiger partial charge < -0.3 is 9.67 Å². The molecule has 1 N–H and O–H groups in total. The Kier molecular flexibility index (Phi) is 4.43. The Hall–Kier alpha value is -2.70. The number of non-ortho nitro benzene ring substituents is 1. The molecule has 7 nitrogen and oxygen atoms in total.